The van der Waals surface area contributed by atoms with Crippen LogP contribution in [0.5, 0.6) is 0 Å². The number of hydrogen-bond acceptors (Lipinski definition) is 4. The van der Waals surface area contributed by atoms with E-state index >= 15 is 0 Å². The van der Waals surface area contributed by atoms with Crippen LogP contribution in [-0.2, 0) is 27.0 Å². The van der Waals surface area contributed by atoms with Gasteiger partial charge in [0.25, 0.3) is 0 Å². The van der Waals surface area contributed by atoms with Crippen molar-refractivity contribution in [3.8, 4) is 0 Å². The van der Waals surface area contributed by atoms with Gasteiger partial charge < -0.3 is 0 Å². The molecule has 0 saturated carbocycles. The normalized spacial score (nSPS) is 28.7. The third-order valence-electron chi connectivity index (χ3n) is 0.272. The third kappa shape index (κ3) is 0.991. The predicted octanol–water partition coefficient (Wildman–Crippen LogP) is -0.758. The van der Waals surface area contributed by atoms with Gasteiger partial charge in [-0.15, -0.1) is 0 Å². The molecular weight excluding hydrogens is 367 g/mol. The average Bonchev–Trinajstić information content (AvgIpc) is 1.32. The van der Waals surface area contributed by atoms with Gasteiger partial charge in [-0.05, 0) is 0 Å². The molecule has 1 saturated heterocycles. The predicted molar refractivity (Wildman–Crippen MR) is 9.30 cm³/mol. The molecule has 0 bridgehead atoms. The molecule has 1 aliphatic rings. The average molecular weight is 367 g/mol. The first-order valence-electron chi connectivity index (χ1n) is 1.07. The van der Waals surface area contributed by atoms with Gasteiger partial charge in [-0.3, -0.25) is 0 Å². The van der Waals surface area contributed by atoms with Crippen LogP contribution in [0.1, 0.15) is 0 Å². The van der Waals surface area contributed by atoms with Crippen LogP contribution in [-0.4, -0.2) is 22.0 Å². The van der Waals surface area contributed by atoms with Gasteiger partial charge >= 0.3 is 49.0 Å². The van der Waals surface area contributed by atoms with E-state index in [0.29, 0.717) is 0 Å². The molecule has 0 aromatic carbocycles. The molecule has 0 aromatic heterocycles. The van der Waals surface area contributed by atoms with Crippen LogP contribution in [0.15, 0.2) is 0 Å². The van der Waals surface area contributed by atoms with Crippen molar-refractivity contribution in [3.63, 3.8) is 0 Å². The Labute approximate surface area is 48.8 Å². The summed E-state index contributed by atoms with van der Waals surface area (Å²) in [5.41, 5.74) is 0. The molecule has 0 spiro atoms. The molecule has 4 nitrogen and oxygen atoms in total. The maximum atomic E-state index is 9.81. The van der Waals surface area contributed by atoms with Crippen LogP contribution in [0.25, 0.3) is 0 Å². The second kappa shape index (κ2) is 1.50. The summed E-state index contributed by atoms with van der Waals surface area (Å²) < 4.78 is 27.9. The monoisotopic (exact) mass is 368 g/mol. The van der Waals surface area contributed by atoms with Crippen molar-refractivity contribution in [1.82, 2.24) is 0 Å². The fraction of sp³-hybridized carbons (Fsp3) is 0. The number of hydrogen-bond donors (Lipinski definition) is 0. The quantitative estimate of drug-likeness (QED) is 0.529. The SMILES string of the molecule is [O]=[W]1(=[O])[O][Sn][O]1. The Bertz CT molecular complexity index is 122. The second-order valence-electron chi connectivity index (χ2n) is 0.658. The summed E-state index contributed by atoms with van der Waals surface area (Å²) >= 11 is -5.71. The molecule has 0 atom stereocenters. The molecule has 1 rings (SSSR count). The fourth-order valence-corrected chi connectivity index (χ4v) is 4.92. The van der Waals surface area contributed by atoms with Crippen molar-refractivity contribution in [1.29, 1.82) is 0 Å². The molecule has 6 heteroatoms. The van der Waals surface area contributed by atoms with E-state index < -0.39 is 38.7 Å². The van der Waals surface area contributed by atoms with E-state index in [-0.39, 0.29) is 0 Å². The van der Waals surface area contributed by atoms with Crippen LogP contribution in [0.2, 0.25) is 0 Å². The van der Waals surface area contributed by atoms with E-state index in [2.05, 4.69) is 3.45 Å². The van der Waals surface area contributed by atoms with Gasteiger partial charge in [0.2, 0.25) is 0 Å². The van der Waals surface area contributed by atoms with Gasteiger partial charge in [-0.1, -0.05) is 0 Å². The zero-order valence-electron chi connectivity index (χ0n) is 2.54. The van der Waals surface area contributed by atoms with Crippen molar-refractivity contribution in [2.24, 2.45) is 0 Å². The molecule has 34 valence electrons. The van der Waals surface area contributed by atoms with Gasteiger partial charge in [-0.2, -0.15) is 0 Å². The molecule has 6 heavy (non-hydrogen) atoms. The minimum absolute atomic E-state index is 1.25. The molecule has 0 unspecified atom stereocenters. The molecular formula is O4SnW. The number of rotatable bonds is 0. The van der Waals surface area contributed by atoms with E-state index in [9.17, 15) is 6.80 Å². The topological polar surface area (TPSA) is 52.6 Å². The van der Waals surface area contributed by atoms with Crippen LogP contribution in [0.4, 0.5) is 0 Å². The van der Waals surface area contributed by atoms with Crippen molar-refractivity contribution >= 4 is 22.0 Å². The Morgan fingerprint density at radius 1 is 1.33 bits per heavy atom. The van der Waals surface area contributed by atoms with E-state index in [0.717, 1.165) is 0 Å². The van der Waals surface area contributed by atoms with E-state index in [1.54, 1.807) is 0 Å². The molecule has 1 aliphatic heterocycles. The molecule has 0 aliphatic carbocycles. The molecule has 1 heterocycles. The summed E-state index contributed by atoms with van der Waals surface area (Å²) in [4.78, 5) is 0. The Balaban J connectivity index is 2.78. The van der Waals surface area contributed by atoms with Crippen LogP contribution < -0.4 is 0 Å². The fourth-order valence-electron chi connectivity index (χ4n) is 0.0896. The van der Waals surface area contributed by atoms with E-state index in [1.807, 2.05) is 0 Å². The van der Waals surface area contributed by atoms with Crippen molar-refractivity contribution < 1.29 is 27.0 Å². The van der Waals surface area contributed by atoms with Crippen molar-refractivity contribution in [2.45, 2.75) is 0 Å². The van der Waals surface area contributed by atoms with Gasteiger partial charge in [0.05, 0.1) is 0 Å². The summed E-state index contributed by atoms with van der Waals surface area (Å²) in [5, 5.41) is 0. The van der Waals surface area contributed by atoms with Gasteiger partial charge in [0.1, 0.15) is 0 Å². The molecule has 0 amide bonds. The van der Waals surface area contributed by atoms with Gasteiger partial charge in [-0.25, -0.2) is 0 Å². The Morgan fingerprint density at radius 3 is 1.67 bits per heavy atom. The van der Waals surface area contributed by atoms with Crippen molar-refractivity contribution in [2.75, 3.05) is 0 Å². The zero-order valence-corrected chi connectivity index (χ0v) is 8.33. The summed E-state index contributed by atoms with van der Waals surface area (Å²) in [6.45, 7) is 0. The third-order valence-corrected chi connectivity index (χ3v) is 14.9. The summed E-state index contributed by atoms with van der Waals surface area (Å²) in [6.07, 6.45) is 0. The minimum atomic E-state index is -4.46. The first-order chi connectivity index (χ1) is 2.71. The van der Waals surface area contributed by atoms with Crippen LogP contribution >= 0.6 is 0 Å². The first-order valence-corrected chi connectivity index (χ1v) is 8.20. The Hall–Kier alpha value is 1.01. The second-order valence-corrected chi connectivity index (χ2v) is 13.1. The van der Waals surface area contributed by atoms with Crippen LogP contribution in [0, 0.1) is 0 Å². The first kappa shape index (κ1) is 5.15. The van der Waals surface area contributed by atoms with E-state index in [1.165, 1.54) is 0 Å². The molecule has 0 N–H and O–H groups in total. The van der Waals surface area contributed by atoms with Gasteiger partial charge in [0.15, 0.2) is 0 Å². The van der Waals surface area contributed by atoms with E-state index in [4.69, 9.17) is 0 Å². The summed E-state index contributed by atoms with van der Waals surface area (Å²) in [5.74, 6) is 0. The van der Waals surface area contributed by atoms with Crippen LogP contribution in [0.3, 0.4) is 0 Å². The standard InChI is InChI=1S/4O.Sn.W. The Kier molecular flexibility index (Phi) is 1.29. The van der Waals surface area contributed by atoms with Crippen molar-refractivity contribution in [3.05, 3.63) is 0 Å². The van der Waals surface area contributed by atoms with Gasteiger partial charge in [0, 0.05) is 0 Å². The maximum absolute atomic E-state index is 9.81. The summed E-state index contributed by atoms with van der Waals surface area (Å²) in [6, 6.07) is 0. The molecule has 1 fully saturated rings. The molecule has 0 aromatic rings. The molecule has 2 radical (unpaired) electrons. The zero-order chi connectivity index (χ0) is 4.62. The summed E-state index contributed by atoms with van der Waals surface area (Å²) in [7, 11) is 0. The Morgan fingerprint density at radius 2 is 1.67 bits per heavy atom.